The molecule has 3 aliphatic rings. The van der Waals surface area contributed by atoms with E-state index in [4.69, 9.17) is 21.3 Å². The fraction of sp³-hybridized carbons (Fsp3) is 0.244. The van der Waals surface area contributed by atoms with Gasteiger partial charge in [-0.1, -0.05) is 35.9 Å². The van der Waals surface area contributed by atoms with Crippen LogP contribution in [0.15, 0.2) is 90.1 Å². The number of Topliss-reactive ketones (excluding diaryl/α,β-unsaturated/α-hetero) is 1. The van der Waals surface area contributed by atoms with Crippen LogP contribution in [0.1, 0.15) is 74.2 Å². The van der Waals surface area contributed by atoms with Gasteiger partial charge in [0.15, 0.2) is 5.78 Å². The normalized spacial score (nSPS) is 15.6. The van der Waals surface area contributed by atoms with Crippen LogP contribution >= 0.6 is 11.6 Å². The van der Waals surface area contributed by atoms with Crippen LogP contribution in [0.25, 0.3) is 11.3 Å². The van der Waals surface area contributed by atoms with Gasteiger partial charge in [0.05, 0.1) is 23.5 Å². The van der Waals surface area contributed by atoms with Gasteiger partial charge in [0.2, 0.25) is 17.8 Å². The van der Waals surface area contributed by atoms with Crippen LogP contribution in [0.3, 0.4) is 0 Å². The van der Waals surface area contributed by atoms with E-state index in [0.29, 0.717) is 81.3 Å². The number of unbranched alkanes of at least 4 members (excludes halogenated alkanes) is 1. The molecule has 61 heavy (non-hydrogen) atoms. The number of carbonyl (C=O) groups is 5. The van der Waals surface area contributed by atoms with E-state index in [1.54, 1.807) is 66.9 Å². The Bertz CT molecular complexity index is 2600. The molecule has 1 saturated heterocycles. The molecule has 8 rings (SSSR count). The Hall–Kier alpha value is -6.71. The number of halogens is 3. The molecule has 4 heterocycles. The number of ether oxygens (including phenoxy) is 1. The number of fused-ring (bicyclic) bond motifs is 4. The first-order valence-corrected chi connectivity index (χ1v) is 20.1. The summed E-state index contributed by atoms with van der Waals surface area (Å²) >= 11 is 6.33. The lowest BCUT2D eigenvalue weighted by Gasteiger charge is -2.29. The number of nitrogens with one attached hydrogen (secondary N) is 3. The molecule has 13 nitrogen and oxygen atoms in total. The number of carbonyl (C=O) groups excluding carboxylic acids is 5. The molecule has 3 N–H and O–H groups in total. The minimum absolute atomic E-state index is 0.0759. The standard InChI is InChI=1S/C45H38ClF2N7O6/c46-28-11-14-31-33(20-28)41(39-35(47)7-4-8-36(39)48)50-21-27-22-51-45(54-40(27)31)52-29-12-9-25(10-13-29)42(58)49-17-1-2-18-61-24-30(56)19-26-5-3-6-32-34(26)23-55(44(32)60)37-15-16-38(57)53-43(37)59/h3-14,20,22,37H,1-2,15-19,21,23-24H2,(H,49,58)(H,51,52,54)(H,53,57,59). The Morgan fingerprint density at radius 3 is 2.51 bits per heavy atom. The van der Waals surface area contributed by atoms with Crippen molar-refractivity contribution >= 4 is 58.4 Å². The van der Waals surface area contributed by atoms with Crippen molar-refractivity contribution in [1.82, 2.24) is 25.5 Å². The van der Waals surface area contributed by atoms with Crippen molar-refractivity contribution < 1.29 is 37.5 Å². The van der Waals surface area contributed by atoms with E-state index < -0.39 is 23.6 Å². The number of piperidine rings is 1. The molecule has 1 aromatic heterocycles. The molecule has 0 radical (unpaired) electrons. The molecule has 0 spiro atoms. The lowest BCUT2D eigenvalue weighted by atomic mass is 9.95. The molecular weight excluding hydrogens is 808 g/mol. The molecule has 0 aliphatic carbocycles. The molecule has 0 bridgehead atoms. The Labute approximate surface area is 353 Å². The highest BCUT2D eigenvalue weighted by Crippen LogP contribution is 2.35. The first kappa shape index (κ1) is 41.0. The highest BCUT2D eigenvalue weighted by atomic mass is 35.5. The van der Waals surface area contributed by atoms with Crippen molar-refractivity contribution in [3.05, 3.63) is 141 Å². The lowest BCUT2D eigenvalue weighted by Crippen LogP contribution is -2.52. The molecule has 4 amide bonds. The maximum absolute atomic E-state index is 14.9. The maximum Gasteiger partial charge on any atom is 0.255 e. The van der Waals surface area contributed by atoms with E-state index in [9.17, 15) is 32.8 Å². The molecule has 3 aliphatic heterocycles. The predicted octanol–water partition coefficient (Wildman–Crippen LogP) is 6.27. The summed E-state index contributed by atoms with van der Waals surface area (Å²) in [5, 5.41) is 8.71. The van der Waals surface area contributed by atoms with Crippen molar-refractivity contribution in [1.29, 1.82) is 0 Å². The van der Waals surface area contributed by atoms with Gasteiger partial charge in [0.25, 0.3) is 11.8 Å². The molecule has 310 valence electrons. The third kappa shape index (κ3) is 8.93. The predicted molar refractivity (Wildman–Crippen MR) is 221 cm³/mol. The average Bonchev–Trinajstić information content (AvgIpc) is 3.49. The number of hydrogen-bond donors (Lipinski definition) is 3. The number of ketones is 1. The number of rotatable bonds is 14. The minimum Gasteiger partial charge on any atom is -0.374 e. The van der Waals surface area contributed by atoms with Gasteiger partial charge in [-0.15, -0.1) is 0 Å². The quantitative estimate of drug-likeness (QED) is 0.0861. The second-order valence-corrected chi connectivity index (χ2v) is 15.2. The van der Waals surface area contributed by atoms with Gasteiger partial charge >= 0.3 is 0 Å². The van der Waals surface area contributed by atoms with E-state index in [1.807, 2.05) is 0 Å². The van der Waals surface area contributed by atoms with E-state index in [1.165, 1.54) is 23.1 Å². The third-order valence-electron chi connectivity index (χ3n) is 10.7. The van der Waals surface area contributed by atoms with Crippen LogP contribution < -0.4 is 16.0 Å². The van der Waals surface area contributed by atoms with Gasteiger partial charge in [-0.25, -0.2) is 18.7 Å². The largest absolute Gasteiger partial charge is 0.374 e. The minimum atomic E-state index is -0.744. The summed E-state index contributed by atoms with van der Waals surface area (Å²) in [4.78, 5) is 77.9. The molecule has 1 atom stereocenters. The second-order valence-electron chi connectivity index (χ2n) is 14.8. The van der Waals surface area contributed by atoms with E-state index in [2.05, 4.69) is 25.9 Å². The third-order valence-corrected chi connectivity index (χ3v) is 10.9. The first-order chi connectivity index (χ1) is 29.5. The Morgan fingerprint density at radius 2 is 1.72 bits per heavy atom. The second kappa shape index (κ2) is 17.9. The molecule has 1 fully saturated rings. The van der Waals surface area contributed by atoms with Gasteiger partial charge in [-0.3, -0.25) is 34.3 Å². The fourth-order valence-electron chi connectivity index (χ4n) is 7.65. The van der Waals surface area contributed by atoms with Crippen LogP contribution in [0.5, 0.6) is 0 Å². The van der Waals surface area contributed by atoms with Crippen LogP contribution in [0, 0.1) is 11.6 Å². The van der Waals surface area contributed by atoms with Crippen LogP contribution in [0.4, 0.5) is 20.4 Å². The number of nitrogens with zero attached hydrogens (tertiary/aromatic N) is 4. The summed E-state index contributed by atoms with van der Waals surface area (Å²) in [6, 6.07) is 19.9. The van der Waals surface area contributed by atoms with Crippen LogP contribution in [-0.2, 0) is 38.6 Å². The van der Waals surface area contributed by atoms with Crippen molar-refractivity contribution in [2.24, 2.45) is 4.99 Å². The van der Waals surface area contributed by atoms with E-state index in [0.717, 1.165) is 0 Å². The zero-order valence-corrected chi connectivity index (χ0v) is 33.4. The summed E-state index contributed by atoms with van der Waals surface area (Å²) in [5.74, 6) is -2.77. The average molecular weight is 846 g/mol. The summed E-state index contributed by atoms with van der Waals surface area (Å²) in [6.07, 6.45) is 3.34. The Kier molecular flexibility index (Phi) is 12.0. The monoisotopic (exact) mass is 845 g/mol. The van der Waals surface area contributed by atoms with Crippen LogP contribution in [-0.4, -0.2) is 75.8 Å². The van der Waals surface area contributed by atoms with Crippen molar-refractivity contribution in [3.63, 3.8) is 0 Å². The first-order valence-electron chi connectivity index (χ1n) is 19.7. The fourth-order valence-corrected chi connectivity index (χ4v) is 7.83. The zero-order chi connectivity index (χ0) is 42.6. The number of hydrogen-bond acceptors (Lipinski definition) is 10. The Morgan fingerprint density at radius 1 is 0.934 bits per heavy atom. The van der Waals surface area contributed by atoms with Gasteiger partial charge in [0.1, 0.15) is 24.3 Å². The smallest absolute Gasteiger partial charge is 0.255 e. The number of imide groups is 1. The maximum atomic E-state index is 14.9. The van der Waals surface area contributed by atoms with Gasteiger partial charge in [-0.2, -0.15) is 0 Å². The number of amides is 4. The lowest BCUT2D eigenvalue weighted by molar-refractivity contribution is -0.137. The molecule has 4 aromatic carbocycles. The number of anilines is 2. The summed E-state index contributed by atoms with van der Waals surface area (Å²) in [7, 11) is 0. The highest BCUT2D eigenvalue weighted by molar-refractivity contribution is 6.31. The summed E-state index contributed by atoms with van der Waals surface area (Å²) in [5.41, 5.74) is 5.02. The van der Waals surface area contributed by atoms with Gasteiger partial charge in [0, 0.05) is 77.3 Å². The molecule has 16 heteroatoms. The zero-order valence-electron chi connectivity index (χ0n) is 32.6. The van der Waals surface area contributed by atoms with Crippen molar-refractivity contribution in [3.8, 4) is 11.3 Å². The molecule has 5 aromatic rings. The van der Waals surface area contributed by atoms with Crippen molar-refractivity contribution in [2.75, 3.05) is 25.1 Å². The molecule has 0 saturated carbocycles. The summed E-state index contributed by atoms with van der Waals surface area (Å²) in [6.45, 7) is 0.887. The number of aromatic nitrogens is 2. The molecular formula is C45H38ClF2N7O6. The SMILES string of the molecule is O=C(COCCCCNC(=O)c1ccc(Nc2ncc3c(n2)-c2ccc(Cl)cc2C(c2c(F)cccc2F)=NC3)cc1)Cc1cccc2c1CN(C1CCC(=O)NC1=O)C2=O. The van der Waals surface area contributed by atoms with E-state index in [-0.39, 0.29) is 79.7 Å². The summed E-state index contributed by atoms with van der Waals surface area (Å²) < 4.78 is 35.4. The van der Waals surface area contributed by atoms with Crippen LogP contribution in [0.2, 0.25) is 5.02 Å². The number of aliphatic imine (C=N–C) groups is 1. The van der Waals surface area contributed by atoms with Gasteiger partial charge in [-0.05, 0) is 85.0 Å². The Balaban J connectivity index is 0.788. The van der Waals surface area contributed by atoms with Crippen molar-refractivity contribution in [2.45, 2.75) is 51.2 Å². The molecule has 1 unspecified atom stereocenters. The van der Waals surface area contributed by atoms with Gasteiger partial charge < -0.3 is 20.3 Å². The van der Waals surface area contributed by atoms with E-state index >= 15 is 0 Å². The topological polar surface area (TPSA) is 172 Å². The number of benzene rings is 4. The highest BCUT2D eigenvalue weighted by Gasteiger charge is 2.40.